The van der Waals surface area contributed by atoms with Crippen molar-refractivity contribution in [1.29, 1.82) is 0 Å². The van der Waals surface area contributed by atoms with E-state index in [9.17, 15) is 0 Å². The Balaban J connectivity index is 0.864. The van der Waals surface area contributed by atoms with Crippen LogP contribution in [0.25, 0.3) is 61.0 Å². The zero-order valence-electron chi connectivity index (χ0n) is 34.1. The minimum atomic E-state index is -1.28. The second kappa shape index (κ2) is 16.5. The van der Waals surface area contributed by atoms with E-state index in [-0.39, 0.29) is 12.2 Å². The fourth-order valence-electron chi connectivity index (χ4n) is 8.95. The van der Waals surface area contributed by atoms with Crippen LogP contribution < -0.4 is 26.2 Å². The second-order valence-corrected chi connectivity index (χ2v) is 18.4. The maximum atomic E-state index is 6.10. The summed E-state index contributed by atoms with van der Waals surface area (Å²) in [6.07, 6.45) is 2.22. The summed E-state index contributed by atoms with van der Waals surface area (Å²) >= 11 is 0. The Bertz CT molecular complexity index is 3160. The Hall–Kier alpha value is -7.50. The van der Waals surface area contributed by atoms with Gasteiger partial charge < -0.3 is 9.73 Å². The van der Waals surface area contributed by atoms with Gasteiger partial charge in [0.25, 0.3) is 0 Å². The van der Waals surface area contributed by atoms with Crippen LogP contribution >= 0.6 is 0 Å². The third kappa shape index (κ3) is 7.36. The number of para-hydroxylation sites is 1. The summed E-state index contributed by atoms with van der Waals surface area (Å²) in [4.78, 5) is 0. The Morgan fingerprint density at radius 1 is 0.387 bits per heavy atom. The van der Waals surface area contributed by atoms with Crippen molar-refractivity contribution in [3.8, 4) is 33.4 Å². The number of rotatable bonds is 9. The summed E-state index contributed by atoms with van der Waals surface area (Å²) in [5.74, 6) is 0. The van der Waals surface area contributed by atoms with Crippen LogP contribution in [0.4, 0.5) is 0 Å². The molecular formula is C58H43N2OSi. The van der Waals surface area contributed by atoms with Gasteiger partial charge in [0.15, 0.2) is 8.80 Å². The molecule has 1 aliphatic heterocycles. The minimum absolute atomic E-state index is 0.0359. The van der Waals surface area contributed by atoms with Crippen molar-refractivity contribution in [2.75, 3.05) is 0 Å². The van der Waals surface area contributed by atoms with Gasteiger partial charge in [-0.1, -0.05) is 223 Å². The van der Waals surface area contributed by atoms with Crippen molar-refractivity contribution in [2.45, 2.75) is 12.2 Å². The van der Waals surface area contributed by atoms with Gasteiger partial charge in [-0.15, -0.1) is 0 Å². The molecule has 1 aliphatic rings. The van der Waals surface area contributed by atoms with Crippen LogP contribution in [-0.2, 0) is 0 Å². The van der Waals surface area contributed by atoms with Crippen LogP contribution in [0.15, 0.2) is 241 Å². The number of benzene rings is 9. The Kier molecular flexibility index (Phi) is 9.98. The van der Waals surface area contributed by atoms with Crippen molar-refractivity contribution in [2.24, 2.45) is 0 Å². The topological polar surface area (TPSA) is 37.2 Å². The number of hydrogen-bond acceptors (Lipinski definition) is 3. The van der Waals surface area contributed by atoms with Gasteiger partial charge in [-0.25, -0.2) is 0 Å². The maximum absolute atomic E-state index is 6.10. The molecule has 62 heavy (non-hydrogen) atoms. The fraction of sp³-hybridized carbons (Fsp3) is 0.0345. The van der Waals surface area contributed by atoms with Crippen LogP contribution in [0.2, 0.25) is 0 Å². The van der Waals surface area contributed by atoms with E-state index in [0.717, 1.165) is 33.2 Å². The monoisotopic (exact) mass is 811 g/mol. The highest BCUT2D eigenvalue weighted by atomic mass is 28.3. The van der Waals surface area contributed by atoms with Gasteiger partial charge in [-0.05, 0) is 79.5 Å². The van der Waals surface area contributed by atoms with Crippen LogP contribution in [0.1, 0.15) is 28.9 Å². The summed E-state index contributed by atoms with van der Waals surface area (Å²) in [5, 5.41) is 14.2. The van der Waals surface area contributed by atoms with Gasteiger partial charge in [0, 0.05) is 16.5 Å². The van der Waals surface area contributed by atoms with Gasteiger partial charge in [0.1, 0.15) is 17.3 Å². The molecular weight excluding hydrogens is 769 g/mol. The third-order valence-corrected chi connectivity index (χ3v) is 14.9. The molecule has 2 N–H and O–H groups in total. The van der Waals surface area contributed by atoms with Crippen molar-refractivity contribution in [3.05, 3.63) is 253 Å². The third-order valence-electron chi connectivity index (χ3n) is 12.1. The smallest absolute Gasteiger partial charge is 0.155 e. The van der Waals surface area contributed by atoms with Gasteiger partial charge in [0.05, 0.1) is 6.04 Å². The largest absolute Gasteiger partial charge is 0.456 e. The first-order valence-electron chi connectivity index (χ1n) is 21.3. The molecule has 0 saturated carbocycles. The van der Waals surface area contributed by atoms with E-state index in [4.69, 9.17) is 4.42 Å². The van der Waals surface area contributed by atoms with E-state index in [1.54, 1.807) is 0 Å². The molecule has 9 aromatic carbocycles. The second-order valence-electron chi connectivity index (χ2n) is 16.0. The molecule has 0 bridgehead atoms. The summed E-state index contributed by atoms with van der Waals surface area (Å²) < 4.78 is 6.10. The molecule has 11 rings (SSSR count). The maximum Gasteiger partial charge on any atom is 0.155 e. The highest BCUT2D eigenvalue weighted by molar-refractivity contribution is 6.96. The average molecular weight is 812 g/mol. The molecule has 4 heteroatoms. The fourth-order valence-corrected chi connectivity index (χ4v) is 11.7. The SMILES string of the molecule is C1=C(c2ccc(-c3ccc4oc5ccccc5c4c3)cc2)NC(c2ccc(-c3ccc([Si](c4ccccc4)c4ccccc4-c4ccccc4)cc3)cc2)NC1c1ccccc1. The summed E-state index contributed by atoms with van der Waals surface area (Å²) in [5.41, 5.74) is 13.8. The first-order valence-corrected chi connectivity index (χ1v) is 22.8. The number of nitrogens with one attached hydrogen (secondary N) is 2. The lowest BCUT2D eigenvalue weighted by Gasteiger charge is -2.33. The summed E-state index contributed by atoms with van der Waals surface area (Å²) in [6, 6.07) is 83.4. The number of furan rings is 1. The lowest BCUT2D eigenvalue weighted by Crippen LogP contribution is -2.52. The van der Waals surface area contributed by atoms with Crippen molar-refractivity contribution in [3.63, 3.8) is 0 Å². The van der Waals surface area contributed by atoms with Gasteiger partial charge in [0.2, 0.25) is 0 Å². The molecule has 0 fully saturated rings. The van der Waals surface area contributed by atoms with E-state index in [1.165, 1.54) is 60.1 Å². The van der Waals surface area contributed by atoms with Crippen LogP contribution in [0.3, 0.4) is 0 Å². The molecule has 2 atom stereocenters. The number of fused-ring (bicyclic) bond motifs is 3. The molecule has 2 unspecified atom stereocenters. The van der Waals surface area contributed by atoms with Crippen molar-refractivity contribution < 1.29 is 4.42 Å². The van der Waals surface area contributed by atoms with E-state index in [1.807, 2.05) is 12.1 Å². The molecule has 1 radical (unpaired) electrons. The average Bonchev–Trinajstić information content (AvgIpc) is 3.73. The van der Waals surface area contributed by atoms with Gasteiger partial charge in [-0.3, -0.25) is 5.32 Å². The summed E-state index contributed by atoms with van der Waals surface area (Å²) in [6.45, 7) is 0. The lowest BCUT2D eigenvalue weighted by atomic mass is 9.96. The Labute approximate surface area is 364 Å². The van der Waals surface area contributed by atoms with Crippen LogP contribution in [0.5, 0.6) is 0 Å². The molecule has 2 heterocycles. The highest BCUT2D eigenvalue weighted by Crippen LogP contribution is 2.35. The highest BCUT2D eigenvalue weighted by Gasteiger charge is 2.25. The first kappa shape index (κ1) is 37.5. The van der Waals surface area contributed by atoms with Crippen molar-refractivity contribution >= 4 is 52.0 Å². The van der Waals surface area contributed by atoms with Gasteiger partial charge >= 0.3 is 0 Å². The van der Waals surface area contributed by atoms with E-state index in [0.29, 0.717) is 0 Å². The molecule has 3 nitrogen and oxygen atoms in total. The summed E-state index contributed by atoms with van der Waals surface area (Å²) in [7, 11) is -1.28. The van der Waals surface area contributed by atoms with Gasteiger partial charge in [-0.2, -0.15) is 0 Å². The molecule has 295 valence electrons. The number of hydrogen-bond donors (Lipinski definition) is 2. The molecule has 1 aromatic heterocycles. The molecule has 0 aliphatic carbocycles. The quantitative estimate of drug-likeness (QED) is 0.113. The Morgan fingerprint density at radius 3 is 1.69 bits per heavy atom. The molecule has 10 aromatic rings. The lowest BCUT2D eigenvalue weighted by molar-refractivity contribution is 0.443. The predicted octanol–water partition coefficient (Wildman–Crippen LogP) is 12.1. The van der Waals surface area contributed by atoms with Crippen LogP contribution in [-0.4, -0.2) is 8.80 Å². The standard InChI is InChI=1S/C58H43N2OSi/c1-4-14-43(15-5-1)50-20-11-13-23-57(50)62(48-18-8-3-9-19-48)49-35-32-41(33-36-49)40-26-30-46(31-27-40)58-59-53(44-16-6-2-7-17-44)39-54(60-58)45-28-24-42(25-29-45)47-34-37-56-52(38-47)51-21-10-12-22-55(51)61-56/h1-39,53,58-60H. The van der Waals surface area contributed by atoms with E-state index < -0.39 is 8.80 Å². The molecule has 0 amide bonds. The van der Waals surface area contributed by atoms with E-state index in [2.05, 4.69) is 235 Å². The minimum Gasteiger partial charge on any atom is -0.456 e. The zero-order chi connectivity index (χ0) is 41.2. The van der Waals surface area contributed by atoms with Crippen molar-refractivity contribution in [1.82, 2.24) is 10.6 Å². The van der Waals surface area contributed by atoms with Crippen LogP contribution in [0, 0.1) is 0 Å². The normalized spacial score (nSPS) is 15.1. The predicted molar refractivity (Wildman–Crippen MR) is 260 cm³/mol. The van der Waals surface area contributed by atoms with E-state index >= 15 is 0 Å². The zero-order valence-corrected chi connectivity index (χ0v) is 35.1. The molecule has 0 saturated heterocycles. The first-order chi connectivity index (χ1) is 30.7. The Morgan fingerprint density at radius 2 is 0.935 bits per heavy atom. The molecule has 0 spiro atoms.